The SMILES string of the molecule is Cc1c(F)cc(F)cc1OCC(C)(C)O. The average molecular weight is 216 g/mol. The summed E-state index contributed by atoms with van der Waals surface area (Å²) in [7, 11) is 0. The van der Waals surface area contributed by atoms with Crippen LogP contribution >= 0.6 is 0 Å². The molecule has 0 saturated heterocycles. The zero-order valence-corrected chi connectivity index (χ0v) is 8.97. The molecule has 0 aliphatic carbocycles. The fraction of sp³-hybridized carbons (Fsp3) is 0.455. The summed E-state index contributed by atoms with van der Waals surface area (Å²) in [4.78, 5) is 0. The third-order valence-corrected chi connectivity index (χ3v) is 1.84. The van der Waals surface area contributed by atoms with Crippen molar-refractivity contribution in [1.29, 1.82) is 0 Å². The van der Waals surface area contributed by atoms with Crippen molar-refractivity contribution >= 4 is 0 Å². The van der Waals surface area contributed by atoms with Crippen LogP contribution in [0.1, 0.15) is 19.4 Å². The lowest BCUT2D eigenvalue weighted by Crippen LogP contribution is -2.28. The summed E-state index contributed by atoms with van der Waals surface area (Å²) in [5.74, 6) is -1.22. The average Bonchev–Trinajstić information content (AvgIpc) is 2.07. The minimum atomic E-state index is -1.03. The molecule has 4 heteroatoms. The number of hydrogen-bond donors (Lipinski definition) is 1. The molecule has 1 aromatic carbocycles. The lowest BCUT2D eigenvalue weighted by molar-refractivity contribution is 0.0280. The molecule has 2 nitrogen and oxygen atoms in total. The van der Waals surface area contributed by atoms with Crippen LogP contribution in [0, 0.1) is 18.6 Å². The van der Waals surface area contributed by atoms with Gasteiger partial charge in [0.05, 0.1) is 5.60 Å². The maximum Gasteiger partial charge on any atom is 0.132 e. The number of benzene rings is 1. The number of halogens is 2. The third-order valence-electron chi connectivity index (χ3n) is 1.84. The molecule has 0 bridgehead atoms. The predicted octanol–water partition coefficient (Wildman–Crippen LogP) is 2.42. The second kappa shape index (κ2) is 4.14. The van der Waals surface area contributed by atoms with E-state index in [1.54, 1.807) is 13.8 Å². The zero-order chi connectivity index (χ0) is 11.6. The van der Waals surface area contributed by atoms with Crippen LogP contribution in [0.3, 0.4) is 0 Å². The smallest absolute Gasteiger partial charge is 0.132 e. The van der Waals surface area contributed by atoms with Gasteiger partial charge in [0.2, 0.25) is 0 Å². The largest absolute Gasteiger partial charge is 0.490 e. The monoisotopic (exact) mass is 216 g/mol. The highest BCUT2D eigenvalue weighted by molar-refractivity contribution is 5.34. The van der Waals surface area contributed by atoms with Crippen molar-refractivity contribution in [1.82, 2.24) is 0 Å². The van der Waals surface area contributed by atoms with Gasteiger partial charge in [-0.05, 0) is 20.8 Å². The Morgan fingerprint density at radius 3 is 2.47 bits per heavy atom. The van der Waals surface area contributed by atoms with E-state index in [9.17, 15) is 13.9 Å². The Balaban J connectivity index is 2.86. The van der Waals surface area contributed by atoms with Crippen molar-refractivity contribution in [2.75, 3.05) is 6.61 Å². The minimum absolute atomic E-state index is 0.0171. The molecule has 1 rings (SSSR count). The summed E-state index contributed by atoms with van der Waals surface area (Å²) in [6.07, 6.45) is 0. The third kappa shape index (κ3) is 3.47. The molecule has 0 amide bonds. The summed E-state index contributed by atoms with van der Waals surface area (Å²) >= 11 is 0. The molecule has 0 aromatic heterocycles. The predicted molar refractivity (Wildman–Crippen MR) is 52.9 cm³/mol. The summed E-state index contributed by atoms with van der Waals surface area (Å²) in [6.45, 7) is 4.58. The Morgan fingerprint density at radius 2 is 1.93 bits per heavy atom. The van der Waals surface area contributed by atoms with Crippen LogP contribution < -0.4 is 4.74 Å². The minimum Gasteiger partial charge on any atom is -0.490 e. The Morgan fingerprint density at radius 1 is 1.33 bits per heavy atom. The van der Waals surface area contributed by atoms with E-state index in [0.717, 1.165) is 12.1 Å². The van der Waals surface area contributed by atoms with Gasteiger partial charge in [0.25, 0.3) is 0 Å². The van der Waals surface area contributed by atoms with Crippen molar-refractivity contribution < 1.29 is 18.6 Å². The van der Waals surface area contributed by atoms with E-state index < -0.39 is 17.2 Å². The van der Waals surface area contributed by atoms with E-state index >= 15 is 0 Å². The van der Waals surface area contributed by atoms with Gasteiger partial charge in [-0.1, -0.05) is 0 Å². The van der Waals surface area contributed by atoms with Crippen LogP contribution in [0.25, 0.3) is 0 Å². The fourth-order valence-electron chi connectivity index (χ4n) is 1.03. The maximum absolute atomic E-state index is 13.1. The highest BCUT2D eigenvalue weighted by Crippen LogP contribution is 2.23. The molecule has 0 saturated carbocycles. The standard InChI is InChI=1S/C11H14F2O2/c1-7-9(13)4-8(12)5-10(7)15-6-11(2,3)14/h4-5,14H,6H2,1-3H3. The van der Waals surface area contributed by atoms with Gasteiger partial charge in [0.1, 0.15) is 24.0 Å². The van der Waals surface area contributed by atoms with Gasteiger partial charge in [0, 0.05) is 17.7 Å². The fourth-order valence-corrected chi connectivity index (χ4v) is 1.03. The van der Waals surface area contributed by atoms with Crippen LogP contribution in [0.4, 0.5) is 8.78 Å². The van der Waals surface area contributed by atoms with Crippen molar-refractivity contribution in [3.8, 4) is 5.75 Å². The lowest BCUT2D eigenvalue weighted by Gasteiger charge is -2.18. The van der Waals surface area contributed by atoms with Crippen molar-refractivity contribution in [2.24, 2.45) is 0 Å². The summed E-state index contributed by atoms with van der Waals surface area (Å²) in [5, 5.41) is 9.40. The van der Waals surface area contributed by atoms with E-state index in [4.69, 9.17) is 4.74 Å². The highest BCUT2D eigenvalue weighted by atomic mass is 19.1. The van der Waals surface area contributed by atoms with E-state index in [0.29, 0.717) is 0 Å². The Bertz CT molecular complexity index is 356. The Kier molecular flexibility index (Phi) is 3.29. The van der Waals surface area contributed by atoms with Gasteiger partial charge < -0.3 is 9.84 Å². The molecular weight excluding hydrogens is 202 g/mol. The summed E-state index contributed by atoms with van der Waals surface area (Å²) in [6, 6.07) is 1.90. The first kappa shape index (κ1) is 11.9. The van der Waals surface area contributed by atoms with Gasteiger partial charge in [0.15, 0.2) is 0 Å². The molecular formula is C11H14F2O2. The Labute approximate surface area is 87.5 Å². The maximum atomic E-state index is 13.1. The molecule has 0 unspecified atom stereocenters. The van der Waals surface area contributed by atoms with Gasteiger partial charge in [-0.25, -0.2) is 8.78 Å². The number of aliphatic hydroxyl groups is 1. The molecule has 0 fully saturated rings. The van der Waals surface area contributed by atoms with Gasteiger partial charge in [-0.15, -0.1) is 0 Å². The number of hydrogen-bond acceptors (Lipinski definition) is 2. The van der Waals surface area contributed by atoms with E-state index in [-0.39, 0.29) is 17.9 Å². The number of ether oxygens (including phenoxy) is 1. The first-order valence-electron chi connectivity index (χ1n) is 4.60. The normalized spacial score (nSPS) is 11.6. The topological polar surface area (TPSA) is 29.5 Å². The van der Waals surface area contributed by atoms with Crippen LogP contribution in [-0.4, -0.2) is 17.3 Å². The van der Waals surface area contributed by atoms with Gasteiger partial charge in [-0.2, -0.15) is 0 Å². The lowest BCUT2D eigenvalue weighted by atomic mass is 10.1. The van der Waals surface area contributed by atoms with E-state index in [2.05, 4.69) is 0 Å². The molecule has 0 radical (unpaired) electrons. The van der Waals surface area contributed by atoms with Crippen molar-refractivity contribution in [3.05, 3.63) is 29.3 Å². The van der Waals surface area contributed by atoms with Crippen LogP contribution in [0.5, 0.6) is 5.75 Å². The van der Waals surface area contributed by atoms with Crippen molar-refractivity contribution in [2.45, 2.75) is 26.4 Å². The second-order valence-corrected chi connectivity index (χ2v) is 4.11. The molecule has 0 aliphatic rings. The molecule has 0 aliphatic heterocycles. The van der Waals surface area contributed by atoms with Crippen molar-refractivity contribution in [3.63, 3.8) is 0 Å². The first-order chi connectivity index (χ1) is 6.79. The zero-order valence-electron chi connectivity index (χ0n) is 8.97. The van der Waals surface area contributed by atoms with Crippen LogP contribution in [-0.2, 0) is 0 Å². The molecule has 15 heavy (non-hydrogen) atoms. The first-order valence-corrected chi connectivity index (χ1v) is 4.60. The molecule has 0 spiro atoms. The second-order valence-electron chi connectivity index (χ2n) is 4.11. The highest BCUT2D eigenvalue weighted by Gasteiger charge is 2.15. The van der Waals surface area contributed by atoms with E-state index in [1.165, 1.54) is 6.92 Å². The quantitative estimate of drug-likeness (QED) is 0.840. The summed E-state index contributed by atoms with van der Waals surface area (Å²) < 4.78 is 31.1. The van der Waals surface area contributed by atoms with E-state index in [1.807, 2.05) is 0 Å². The number of rotatable bonds is 3. The van der Waals surface area contributed by atoms with Crippen LogP contribution in [0.15, 0.2) is 12.1 Å². The molecule has 1 N–H and O–H groups in total. The van der Waals surface area contributed by atoms with Crippen LogP contribution in [0.2, 0.25) is 0 Å². The van der Waals surface area contributed by atoms with Gasteiger partial charge in [-0.3, -0.25) is 0 Å². The molecule has 1 aromatic rings. The molecule has 84 valence electrons. The van der Waals surface area contributed by atoms with Gasteiger partial charge >= 0.3 is 0 Å². The summed E-state index contributed by atoms with van der Waals surface area (Å²) in [5.41, 5.74) is -0.796. The molecule has 0 heterocycles. The Hall–Kier alpha value is -1.16. The molecule has 0 atom stereocenters.